The summed E-state index contributed by atoms with van der Waals surface area (Å²) in [6.45, 7) is 4.20. The van der Waals surface area contributed by atoms with Crippen LogP contribution >= 0.6 is 11.8 Å². The number of hydrogen-bond donors (Lipinski definition) is 0. The zero-order valence-electron chi connectivity index (χ0n) is 16.1. The second-order valence-corrected chi connectivity index (χ2v) is 8.34. The zero-order chi connectivity index (χ0) is 20.1. The summed E-state index contributed by atoms with van der Waals surface area (Å²) in [4.78, 5) is 46.6. The van der Waals surface area contributed by atoms with Crippen LogP contribution in [-0.2, 0) is 24.9 Å². The predicted molar refractivity (Wildman–Crippen MR) is 105 cm³/mol. The topological polar surface area (TPSA) is 79.3 Å². The third-order valence-electron chi connectivity index (χ3n) is 6.04. The number of imide groups is 1. The van der Waals surface area contributed by atoms with Gasteiger partial charge in [-0.25, -0.2) is 4.79 Å². The highest BCUT2D eigenvalue weighted by atomic mass is 32.2. The summed E-state index contributed by atoms with van der Waals surface area (Å²) in [5, 5.41) is 0.694. The molecule has 3 heterocycles. The van der Waals surface area contributed by atoms with Crippen molar-refractivity contribution in [3.63, 3.8) is 0 Å². The fourth-order valence-electron chi connectivity index (χ4n) is 4.75. The third kappa shape index (κ3) is 2.50. The Balaban J connectivity index is 1.67. The molecule has 0 bridgehead atoms. The Morgan fingerprint density at radius 3 is 2.64 bits per heavy atom. The van der Waals surface area contributed by atoms with Crippen LogP contribution in [0.2, 0.25) is 0 Å². The van der Waals surface area contributed by atoms with Gasteiger partial charge in [-0.1, -0.05) is 42.1 Å². The zero-order valence-corrected chi connectivity index (χ0v) is 16.9. The smallest absolute Gasteiger partial charge is 0.332 e. The number of hydrogen-bond acceptors (Lipinski definition) is 7. The molecule has 0 saturated carbocycles. The van der Waals surface area contributed by atoms with Crippen molar-refractivity contribution in [1.82, 2.24) is 9.80 Å². The Bertz CT molecular complexity index is 858. The van der Waals surface area contributed by atoms with E-state index in [0.29, 0.717) is 24.0 Å². The average molecular weight is 401 g/mol. The first-order chi connectivity index (χ1) is 13.4. The lowest BCUT2D eigenvalue weighted by Gasteiger charge is -2.37. The minimum Gasteiger partial charge on any atom is -0.467 e. The Labute approximate surface area is 168 Å². The van der Waals surface area contributed by atoms with Crippen LogP contribution < -0.4 is 0 Å². The first kappa shape index (κ1) is 19.0. The molecule has 7 nitrogen and oxygen atoms in total. The van der Waals surface area contributed by atoms with Crippen molar-refractivity contribution in [2.75, 3.05) is 20.2 Å². The van der Waals surface area contributed by atoms with Crippen molar-refractivity contribution in [2.24, 2.45) is 16.8 Å². The molecule has 8 heteroatoms. The van der Waals surface area contributed by atoms with Crippen molar-refractivity contribution in [3.05, 3.63) is 35.9 Å². The number of rotatable bonds is 4. The monoisotopic (exact) mass is 401 g/mol. The molecule has 3 aliphatic heterocycles. The number of amides is 2. The van der Waals surface area contributed by atoms with Gasteiger partial charge in [0.2, 0.25) is 11.8 Å². The lowest BCUT2D eigenvalue weighted by molar-refractivity contribution is -0.156. The number of nitrogens with zero attached hydrogens (tertiary/aromatic N) is 3. The van der Waals surface area contributed by atoms with Gasteiger partial charge in [0.25, 0.3) is 0 Å². The molecule has 148 valence electrons. The molecule has 0 spiro atoms. The van der Waals surface area contributed by atoms with Crippen LogP contribution in [-0.4, -0.2) is 64.5 Å². The van der Waals surface area contributed by atoms with Crippen molar-refractivity contribution in [1.29, 1.82) is 0 Å². The van der Waals surface area contributed by atoms with Crippen molar-refractivity contribution in [2.45, 2.75) is 31.2 Å². The molecular weight excluding hydrogens is 378 g/mol. The van der Waals surface area contributed by atoms with E-state index in [1.807, 2.05) is 35.2 Å². The Kier molecular flexibility index (Phi) is 4.69. The lowest BCUT2D eigenvalue weighted by atomic mass is 9.81. The molecule has 2 amide bonds. The average Bonchev–Trinajstić information content (AvgIpc) is 3.32. The van der Waals surface area contributed by atoms with E-state index in [0.717, 1.165) is 5.56 Å². The minimum absolute atomic E-state index is 0.204. The van der Waals surface area contributed by atoms with E-state index in [1.54, 1.807) is 13.8 Å². The van der Waals surface area contributed by atoms with Crippen molar-refractivity contribution >= 4 is 34.7 Å². The standard InChI is InChI=1S/C20H23N3O4S/c1-4-22-16(24)14-13-10-21-19(28-11-12-8-6-5-7-9-12)23(13)20(2,18(26)27-3)15(14)17(22)25/h5-9,13-15H,4,10-11H2,1-3H3/t13-,14+,15-,20-/m1/s1. The number of aliphatic imine (C=N–C) groups is 1. The molecule has 2 fully saturated rings. The van der Waals surface area contributed by atoms with E-state index in [2.05, 4.69) is 4.99 Å². The summed E-state index contributed by atoms with van der Waals surface area (Å²) >= 11 is 1.52. The summed E-state index contributed by atoms with van der Waals surface area (Å²) < 4.78 is 5.09. The predicted octanol–water partition coefficient (Wildman–Crippen LogP) is 1.53. The molecule has 0 unspecified atom stereocenters. The van der Waals surface area contributed by atoms with Gasteiger partial charge in [0.15, 0.2) is 5.17 Å². The van der Waals surface area contributed by atoms with Gasteiger partial charge in [0, 0.05) is 12.3 Å². The van der Waals surface area contributed by atoms with Gasteiger partial charge in [-0.05, 0) is 19.4 Å². The summed E-state index contributed by atoms with van der Waals surface area (Å²) in [6.07, 6.45) is 0. The molecule has 0 radical (unpaired) electrons. The van der Waals surface area contributed by atoms with E-state index in [9.17, 15) is 14.4 Å². The Morgan fingerprint density at radius 2 is 2.00 bits per heavy atom. The van der Waals surface area contributed by atoms with Gasteiger partial charge >= 0.3 is 5.97 Å². The first-order valence-electron chi connectivity index (χ1n) is 9.39. The van der Waals surface area contributed by atoms with E-state index in [4.69, 9.17) is 4.74 Å². The molecule has 4 atom stereocenters. The van der Waals surface area contributed by atoms with Gasteiger partial charge in [0.1, 0.15) is 5.54 Å². The van der Waals surface area contributed by atoms with Crippen LogP contribution in [0.15, 0.2) is 35.3 Å². The second-order valence-electron chi connectivity index (χ2n) is 7.40. The van der Waals surface area contributed by atoms with E-state index < -0.39 is 23.3 Å². The third-order valence-corrected chi connectivity index (χ3v) is 7.10. The van der Waals surface area contributed by atoms with Crippen LogP contribution in [0.3, 0.4) is 0 Å². The van der Waals surface area contributed by atoms with Gasteiger partial charge in [-0.2, -0.15) is 0 Å². The number of carbonyl (C=O) groups excluding carboxylic acids is 3. The summed E-state index contributed by atoms with van der Waals surface area (Å²) in [5.74, 6) is -1.59. The molecule has 1 aromatic rings. The van der Waals surface area contributed by atoms with Crippen LogP contribution in [0, 0.1) is 11.8 Å². The number of amidine groups is 1. The highest BCUT2D eigenvalue weighted by molar-refractivity contribution is 8.13. The van der Waals surface area contributed by atoms with Crippen LogP contribution in [0.1, 0.15) is 19.4 Å². The van der Waals surface area contributed by atoms with Crippen LogP contribution in [0.4, 0.5) is 0 Å². The molecule has 3 aliphatic rings. The van der Waals surface area contributed by atoms with Gasteiger partial charge in [-0.3, -0.25) is 19.5 Å². The Hall–Kier alpha value is -2.35. The molecule has 2 saturated heterocycles. The van der Waals surface area contributed by atoms with Crippen LogP contribution in [0.25, 0.3) is 0 Å². The quantitative estimate of drug-likeness (QED) is 0.562. The number of ether oxygens (including phenoxy) is 1. The van der Waals surface area contributed by atoms with Crippen molar-refractivity contribution < 1.29 is 19.1 Å². The fourth-order valence-corrected chi connectivity index (χ4v) is 5.87. The molecule has 0 aromatic heterocycles. The minimum atomic E-state index is -1.24. The summed E-state index contributed by atoms with van der Waals surface area (Å²) in [5.41, 5.74) is -0.0955. The normalized spacial score (nSPS) is 31.1. The maximum absolute atomic E-state index is 13.0. The number of carbonyl (C=O) groups is 3. The SMILES string of the molecule is CCN1C(=O)[C@H]2[C@H]3CN=C(SCc4ccccc4)N3[C@@](C)(C(=O)OC)[C@H]2C1=O. The highest BCUT2D eigenvalue weighted by Crippen LogP contribution is 2.52. The molecular formula is C20H23N3O4S. The number of esters is 1. The second kappa shape index (κ2) is 6.92. The number of benzene rings is 1. The van der Waals surface area contributed by atoms with E-state index in [1.165, 1.54) is 23.8 Å². The molecule has 0 aliphatic carbocycles. The van der Waals surface area contributed by atoms with E-state index >= 15 is 0 Å². The molecule has 1 aromatic carbocycles. The first-order valence-corrected chi connectivity index (χ1v) is 10.4. The maximum Gasteiger partial charge on any atom is 0.332 e. The number of fused-ring (bicyclic) bond motifs is 3. The maximum atomic E-state index is 13.0. The largest absolute Gasteiger partial charge is 0.467 e. The van der Waals surface area contributed by atoms with E-state index in [-0.39, 0.29) is 17.9 Å². The number of likely N-dealkylation sites (tertiary alicyclic amines) is 1. The fraction of sp³-hybridized carbons (Fsp3) is 0.500. The highest BCUT2D eigenvalue weighted by Gasteiger charge is 2.71. The molecule has 0 N–H and O–H groups in total. The molecule has 4 rings (SSSR count). The van der Waals surface area contributed by atoms with Crippen molar-refractivity contribution in [3.8, 4) is 0 Å². The summed E-state index contributed by atoms with van der Waals surface area (Å²) in [6, 6.07) is 9.69. The van der Waals surface area contributed by atoms with Gasteiger partial charge < -0.3 is 9.64 Å². The van der Waals surface area contributed by atoms with Gasteiger partial charge in [-0.15, -0.1) is 0 Å². The lowest BCUT2D eigenvalue weighted by Crippen LogP contribution is -2.57. The summed E-state index contributed by atoms with van der Waals surface area (Å²) in [7, 11) is 1.32. The Morgan fingerprint density at radius 1 is 1.29 bits per heavy atom. The van der Waals surface area contributed by atoms with Crippen LogP contribution in [0.5, 0.6) is 0 Å². The number of methoxy groups -OCH3 is 1. The molecule has 28 heavy (non-hydrogen) atoms. The number of thioether (sulfide) groups is 1. The van der Waals surface area contributed by atoms with Gasteiger partial charge in [0.05, 0.1) is 31.5 Å².